The fourth-order valence-corrected chi connectivity index (χ4v) is 2.99. The van der Waals surface area contributed by atoms with Crippen molar-refractivity contribution < 1.29 is 9.53 Å². The Morgan fingerprint density at radius 3 is 2.59 bits per heavy atom. The molecule has 1 aromatic rings. The molecule has 0 bridgehead atoms. The normalized spacial score (nSPS) is 17.1. The van der Waals surface area contributed by atoms with Crippen molar-refractivity contribution in [1.82, 2.24) is 10.6 Å². The molecule has 1 saturated heterocycles. The lowest BCUT2D eigenvalue weighted by Gasteiger charge is -2.34. The second-order valence-corrected chi connectivity index (χ2v) is 6.00. The van der Waals surface area contributed by atoms with E-state index in [1.807, 2.05) is 6.07 Å². The van der Waals surface area contributed by atoms with Gasteiger partial charge in [-0.2, -0.15) is 0 Å². The number of unbranched alkanes of at least 4 members (excludes halogenated alkanes) is 2. The van der Waals surface area contributed by atoms with Gasteiger partial charge in [-0.05, 0) is 50.8 Å². The molecule has 22 heavy (non-hydrogen) atoms. The summed E-state index contributed by atoms with van der Waals surface area (Å²) in [5.41, 5.74) is 0.773. The zero-order valence-corrected chi connectivity index (χ0v) is 13.6. The van der Waals surface area contributed by atoms with Crippen LogP contribution in [0.4, 0.5) is 0 Å². The van der Waals surface area contributed by atoms with Crippen molar-refractivity contribution in [3.8, 4) is 0 Å². The van der Waals surface area contributed by atoms with Gasteiger partial charge in [0.1, 0.15) is 5.60 Å². The van der Waals surface area contributed by atoms with Crippen molar-refractivity contribution in [3.63, 3.8) is 0 Å². The molecule has 0 unspecified atom stereocenters. The first kappa shape index (κ1) is 17.0. The van der Waals surface area contributed by atoms with Crippen LogP contribution >= 0.6 is 0 Å². The summed E-state index contributed by atoms with van der Waals surface area (Å²) in [6.45, 7) is 2.43. The van der Waals surface area contributed by atoms with E-state index >= 15 is 0 Å². The zero-order chi connectivity index (χ0) is 15.7. The summed E-state index contributed by atoms with van der Waals surface area (Å²) in [6.07, 6.45) is 5.95. The molecule has 1 fully saturated rings. The Morgan fingerprint density at radius 1 is 1.18 bits per heavy atom. The van der Waals surface area contributed by atoms with E-state index < -0.39 is 5.60 Å². The van der Waals surface area contributed by atoms with Gasteiger partial charge in [0.15, 0.2) is 0 Å². The summed E-state index contributed by atoms with van der Waals surface area (Å²) in [6, 6.07) is 10.5. The van der Waals surface area contributed by atoms with Crippen LogP contribution in [0.15, 0.2) is 30.3 Å². The third-order valence-corrected chi connectivity index (χ3v) is 4.49. The average molecular weight is 304 g/mol. The van der Waals surface area contributed by atoms with Crippen LogP contribution in [0, 0.1) is 0 Å². The van der Waals surface area contributed by atoms with Gasteiger partial charge in [-0.1, -0.05) is 36.8 Å². The second kappa shape index (κ2) is 8.91. The monoisotopic (exact) mass is 304 g/mol. The second-order valence-electron chi connectivity index (χ2n) is 6.00. The van der Waals surface area contributed by atoms with Crippen LogP contribution in [0.3, 0.4) is 0 Å². The van der Waals surface area contributed by atoms with Crippen LogP contribution < -0.4 is 10.6 Å². The van der Waals surface area contributed by atoms with Crippen molar-refractivity contribution in [1.29, 1.82) is 0 Å². The molecule has 4 nitrogen and oxygen atoms in total. The fraction of sp³-hybridized carbons (Fsp3) is 0.611. The fourth-order valence-electron chi connectivity index (χ4n) is 2.99. The highest BCUT2D eigenvalue weighted by Gasteiger charge is 2.39. The highest BCUT2D eigenvalue weighted by atomic mass is 16.5. The molecular formula is C18H28N2O2. The molecule has 0 aromatic heterocycles. The van der Waals surface area contributed by atoms with E-state index in [0.29, 0.717) is 0 Å². The molecule has 4 heteroatoms. The molecule has 1 aromatic carbocycles. The summed E-state index contributed by atoms with van der Waals surface area (Å²) in [7, 11) is 1.64. The van der Waals surface area contributed by atoms with E-state index in [1.165, 1.54) is 12.0 Å². The minimum Gasteiger partial charge on any atom is -0.368 e. The molecule has 2 rings (SSSR count). The lowest BCUT2D eigenvalue weighted by atomic mass is 9.91. The van der Waals surface area contributed by atoms with Crippen LogP contribution in [-0.4, -0.2) is 38.3 Å². The first-order chi connectivity index (χ1) is 10.8. The van der Waals surface area contributed by atoms with Crippen LogP contribution in [0.25, 0.3) is 0 Å². The number of ether oxygens (including phenoxy) is 1. The largest absolute Gasteiger partial charge is 0.368 e. The third-order valence-electron chi connectivity index (χ3n) is 4.49. The van der Waals surface area contributed by atoms with Crippen molar-refractivity contribution in [3.05, 3.63) is 35.9 Å². The zero-order valence-electron chi connectivity index (χ0n) is 13.6. The van der Waals surface area contributed by atoms with Gasteiger partial charge >= 0.3 is 0 Å². The lowest BCUT2D eigenvalue weighted by Crippen LogP contribution is -2.54. The number of methoxy groups -OCH3 is 1. The third kappa shape index (κ3) is 4.82. The maximum absolute atomic E-state index is 12.3. The first-order valence-electron chi connectivity index (χ1n) is 8.35. The molecule has 2 N–H and O–H groups in total. The number of carbonyl (C=O) groups excluding carboxylic acids is 1. The maximum atomic E-state index is 12.3. The minimum absolute atomic E-state index is 0.0551. The molecule has 1 heterocycles. The predicted molar refractivity (Wildman–Crippen MR) is 88.9 cm³/mol. The molecule has 122 valence electrons. The number of rotatable bonds is 8. The number of benzene rings is 1. The summed E-state index contributed by atoms with van der Waals surface area (Å²) in [4.78, 5) is 12.3. The molecule has 1 aliphatic heterocycles. The predicted octanol–water partition coefficient (Wildman–Crippen LogP) is 2.28. The van der Waals surface area contributed by atoms with Crippen LogP contribution in [-0.2, 0) is 16.0 Å². The molecule has 0 atom stereocenters. The Hall–Kier alpha value is -1.39. The van der Waals surface area contributed by atoms with Crippen molar-refractivity contribution in [2.24, 2.45) is 0 Å². The van der Waals surface area contributed by atoms with Gasteiger partial charge in [-0.25, -0.2) is 0 Å². The Labute approximate surface area is 133 Å². The molecule has 1 amide bonds. The van der Waals surface area contributed by atoms with Crippen molar-refractivity contribution in [2.75, 3.05) is 26.7 Å². The number of aryl methyl sites for hydroxylation is 1. The van der Waals surface area contributed by atoms with Gasteiger partial charge < -0.3 is 15.4 Å². The summed E-state index contributed by atoms with van der Waals surface area (Å²) < 4.78 is 5.52. The molecule has 0 spiro atoms. The molecule has 0 aliphatic carbocycles. The molecular weight excluding hydrogens is 276 g/mol. The van der Waals surface area contributed by atoms with Gasteiger partial charge in [-0.15, -0.1) is 0 Å². The van der Waals surface area contributed by atoms with E-state index in [9.17, 15) is 4.79 Å². The quantitative estimate of drug-likeness (QED) is 0.725. The first-order valence-corrected chi connectivity index (χ1v) is 8.35. The van der Waals surface area contributed by atoms with Crippen LogP contribution in [0.1, 0.15) is 37.7 Å². The summed E-state index contributed by atoms with van der Waals surface area (Å²) in [5.74, 6) is 0.0551. The van der Waals surface area contributed by atoms with E-state index in [1.54, 1.807) is 7.11 Å². The lowest BCUT2D eigenvalue weighted by molar-refractivity contribution is -0.146. The Kier molecular flexibility index (Phi) is 6.87. The number of hydrogen-bond acceptors (Lipinski definition) is 3. The number of hydrogen-bond donors (Lipinski definition) is 2. The standard InChI is InChI=1S/C18H28N2O2/c1-22-18(11-14-19-15-12-18)17(21)20-13-7-3-6-10-16-8-4-2-5-9-16/h2,4-5,8-9,19H,3,6-7,10-15H2,1H3,(H,20,21). The average Bonchev–Trinajstić information content (AvgIpc) is 2.59. The Balaban J connectivity index is 1.60. The van der Waals surface area contributed by atoms with Gasteiger partial charge in [0.05, 0.1) is 0 Å². The van der Waals surface area contributed by atoms with E-state index in [2.05, 4.69) is 34.9 Å². The molecule has 0 saturated carbocycles. The van der Waals surface area contributed by atoms with Gasteiger partial charge in [0.2, 0.25) is 0 Å². The Morgan fingerprint density at radius 2 is 1.91 bits per heavy atom. The van der Waals surface area contributed by atoms with Gasteiger partial charge in [-0.3, -0.25) is 4.79 Å². The highest BCUT2D eigenvalue weighted by Crippen LogP contribution is 2.22. The smallest absolute Gasteiger partial charge is 0.252 e. The topological polar surface area (TPSA) is 50.4 Å². The maximum Gasteiger partial charge on any atom is 0.252 e. The number of amides is 1. The summed E-state index contributed by atoms with van der Waals surface area (Å²) >= 11 is 0. The SMILES string of the molecule is COC1(C(=O)NCCCCCc2ccccc2)CCNCC1. The van der Waals surface area contributed by atoms with Gasteiger partial charge in [0.25, 0.3) is 5.91 Å². The van der Waals surface area contributed by atoms with Crippen LogP contribution in [0.5, 0.6) is 0 Å². The molecule has 1 aliphatic rings. The number of carbonyl (C=O) groups is 1. The van der Waals surface area contributed by atoms with E-state index in [-0.39, 0.29) is 5.91 Å². The van der Waals surface area contributed by atoms with Crippen molar-refractivity contribution in [2.45, 2.75) is 44.1 Å². The highest BCUT2D eigenvalue weighted by molar-refractivity contribution is 5.85. The number of piperidine rings is 1. The van der Waals surface area contributed by atoms with Crippen molar-refractivity contribution >= 4 is 5.91 Å². The number of nitrogens with one attached hydrogen (secondary N) is 2. The Bertz CT molecular complexity index is 442. The minimum atomic E-state index is -0.616. The van der Waals surface area contributed by atoms with E-state index in [4.69, 9.17) is 4.74 Å². The van der Waals surface area contributed by atoms with Crippen LogP contribution in [0.2, 0.25) is 0 Å². The van der Waals surface area contributed by atoms with E-state index in [0.717, 1.165) is 51.7 Å². The summed E-state index contributed by atoms with van der Waals surface area (Å²) in [5, 5.41) is 6.32. The molecule has 0 radical (unpaired) electrons. The van der Waals surface area contributed by atoms with Gasteiger partial charge in [0, 0.05) is 13.7 Å².